The normalized spacial score (nSPS) is 18.9. The zero-order valence-electron chi connectivity index (χ0n) is 10.4. The van der Waals surface area contributed by atoms with Gasteiger partial charge in [0.1, 0.15) is 0 Å². The predicted molar refractivity (Wildman–Crippen MR) is 64.8 cm³/mol. The van der Waals surface area contributed by atoms with Gasteiger partial charge in [0.2, 0.25) is 5.91 Å². The second-order valence-corrected chi connectivity index (χ2v) is 4.27. The van der Waals surface area contributed by atoms with Crippen molar-refractivity contribution < 1.29 is 14.6 Å². The highest BCUT2D eigenvalue weighted by molar-refractivity contribution is 5.77. The maximum absolute atomic E-state index is 11.6. The molecule has 1 aliphatic heterocycles. The minimum absolute atomic E-state index is 0.0246. The van der Waals surface area contributed by atoms with E-state index in [9.17, 15) is 9.90 Å². The lowest BCUT2D eigenvalue weighted by molar-refractivity contribution is -0.122. The SMILES string of the molecule is COCC(O)CCNC(=O)CN1CCNCC1. The van der Waals surface area contributed by atoms with Crippen molar-refractivity contribution in [3.63, 3.8) is 0 Å². The summed E-state index contributed by atoms with van der Waals surface area (Å²) in [6.45, 7) is 4.98. The average molecular weight is 245 g/mol. The Balaban J connectivity index is 2.04. The first kappa shape index (κ1) is 14.4. The molecule has 0 aromatic carbocycles. The van der Waals surface area contributed by atoms with Gasteiger partial charge in [-0.2, -0.15) is 0 Å². The fourth-order valence-corrected chi connectivity index (χ4v) is 1.78. The number of ether oxygens (including phenoxy) is 1. The first-order valence-electron chi connectivity index (χ1n) is 6.09. The molecule has 0 aliphatic carbocycles. The summed E-state index contributed by atoms with van der Waals surface area (Å²) in [7, 11) is 1.55. The van der Waals surface area contributed by atoms with Gasteiger partial charge in [-0.25, -0.2) is 0 Å². The van der Waals surface area contributed by atoms with Crippen molar-refractivity contribution in [3.05, 3.63) is 0 Å². The monoisotopic (exact) mass is 245 g/mol. The predicted octanol–water partition coefficient (Wildman–Crippen LogP) is -1.59. The minimum Gasteiger partial charge on any atom is -0.391 e. The summed E-state index contributed by atoms with van der Waals surface area (Å²) in [4.78, 5) is 13.7. The van der Waals surface area contributed by atoms with E-state index in [0.717, 1.165) is 26.2 Å². The van der Waals surface area contributed by atoms with Crippen LogP contribution in [0, 0.1) is 0 Å². The summed E-state index contributed by atoms with van der Waals surface area (Å²) in [5.41, 5.74) is 0. The van der Waals surface area contributed by atoms with Gasteiger partial charge >= 0.3 is 0 Å². The largest absolute Gasteiger partial charge is 0.391 e. The number of hydrogen-bond acceptors (Lipinski definition) is 5. The second kappa shape index (κ2) is 8.41. The number of hydrogen-bond donors (Lipinski definition) is 3. The second-order valence-electron chi connectivity index (χ2n) is 4.27. The number of aliphatic hydroxyl groups is 1. The van der Waals surface area contributed by atoms with Crippen molar-refractivity contribution >= 4 is 5.91 Å². The molecule has 0 aromatic rings. The molecule has 100 valence electrons. The fraction of sp³-hybridized carbons (Fsp3) is 0.909. The van der Waals surface area contributed by atoms with E-state index in [1.807, 2.05) is 0 Å². The quantitative estimate of drug-likeness (QED) is 0.504. The Labute approximate surface area is 102 Å². The molecular formula is C11H23N3O3. The van der Waals surface area contributed by atoms with Gasteiger partial charge in [0.25, 0.3) is 0 Å². The zero-order valence-corrected chi connectivity index (χ0v) is 10.4. The lowest BCUT2D eigenvalue weighted by Gasteiger charge is -2.26. The van der Waals surface area contributed by atoms with Crippen LogP contribution in [-0.4, -0.2) is 75.0 Å². The summed E-state index contributed by atoms with van der Waals surface area (Å²) in [5.74, 6) is 0.0246. The van der Waals surface area contributed by atoms with Gasteiger partial charge in [0.15, 0.2) is 0 Å². The Hall–Kier alpha value is -0.690. The van der Waals surface area contributed by atoms with E-state index >= 15 is 0 Å². The van der Waals surface area contributed by atoms with Gasteiger partial charge in [0.05, 0.1) is 19.3 Å². The third kappa shape index (κ3) is 6.58. The van der Waals surface area contributed by atoms with Crippen LogP contribution in [0.15, 0.2) is 0 Å². The van der Waals surface area contributed by atoms with Crippen LogP contribution in [0.4, 0.5) is 0 Å². The summed E-state index contributed by atoms with van der Waals surface area (Å²) in [6, 6.07) is 0. The minimum atomic E-state index is -0.500. The topological polar surface area (TPSA) is 73.8 Å². The van der Waals surface area contributed by atoms with Crippen LogP contribution in [-0.2, 0) is 9.53 Å². The molecule has 17 heavy (non-hydrogen) atoms. The van der Waals surface area contributed by atoms with E-state index in [2.05, 4.69) is 15.5 Å². The van der Waals surface area contributed by atoms with Crippen molar-refractivity contribution in [1.82, 2.24) is 15.5 Å². The summed E-state index contributed by atoms with van der Waals surface area (Å²) in [5, 5.41) is 15.4. The van der Waals surface area contributed by atoms with Crippen molar-refractivity contribution in [2.24, 2.45) is 0 Å². The average Bonchev–Trinajstić information content (AvgIpc) is 2.30. The molecule has 0 saturated carbocycles. The lowest BCUT2D eigenvalue weighted by Crippen LogP contribution is -2.47. The number of methoxy groups -OCH3 is 1. The molecule has 1 rings (SSSR count). The highest BCUT2D eigenvalue weighted by Crippen LogP contribution is 1.92. The van der Waals surface area contributed by atoms with E-state index in [0.29, 0.717) is 26.1 Å². The van der Waals surface area contributed by atoms with E-state index < -0.39 is 6.10 Å². The Bertz CT molecular complexity index is 220. The molecule has 0 aromatic heterocycles. The molecular weight excluding hydrogens is 222 g/mol. The molecule has 1 unspecified atom stereocenters. The number of piperazine rings is 1. The van der Waals surface area contributed by atoms with E-state index in [1.165, 1.54) is 0 Å². The molecule has 1 amide bonds. The summed E-state index contributed by atoms with van der Waals surface area (Å²) < 4.78 is 4.80. The molecule has 0 radical (unpaired) electrons. The van der Waals surface area contributed by atoms with Gasteiger partial charge in [0, 0.05) is 39.8 Å². The van der Waals surface area contributed by atoms with Gasteiger partial charge in [-0.15, -0.1) is 0 Å². The molecule has 0 spiro atoms. The number of aliphatic hydroxyl groups excluding tert-OH is 1. The van der Waals surface area contributed by atoms with Crippen LogP contribution in [0.3, 0.4) is 0 Å². The van der Waals surface area contributed by atoms with Gasteiger partial charge in [-0.05, 0) is 6.42 Å². The number of nitrogens with one attached hydrogen (secondary N) is 2. The van der Waals surface area contributed by atoms with E-state index in [4.69, 9.17) is 4.74 Å². The fourth-order valence-electron chi connectivity index (χ4n) is 1.78. The van der Waals surface area contributed by atoms with Gasteiger partial charge in [-0.3, -0.25) is 9.69 Å². The van der Waals surface area contributed by atoms with Crippen LogP contribution in [0.1, 0.15) is 6.42 Å². The number of carbonyl (C=O) groups is 1. The molecule has 3 N–H and O–H groups in total. The number of amides is 1. The van der Waals surface area contributed by atoms with Crippen LogP contribution < -0.4 is 10.6 Å². The molecule has 1 atom stereocenters. The Morgan fingerprint density at radius 2 is 2.24 bits per heavy atom. The molecule has 6 nitrogen and oxygen atoms in total. The third-order valence-corrected chi connectivity index (χ3v) is 2.74. The maximum Gasteiger partial charge on any atom is 0.234 e. The Kier molecular flexibility index (Phi) is 7.11. The van der Waals surface area contributed by atoms with Crippen molar-refractivity contribution in [2.75, 3.05) is 53.0 Å². The standard InChI is InChI=1S/C11H23N3O3/c1-17-9-10(15)2-3-13-11(16)8-14-6-4-12-5-7-14/h10,12,15H,2-9H2,1H3,(H,13,16). The van der Waals surface area contributed by atoms with Crippen LogP contribution >= 0.6 is 0 Å². The number of nitrogens with zero attached hydrogens (tertiary/aromatic N) is 1. The van der Waals surface area contributed by atoms with Crippen molar-refractivity contribution in [1.29, 1.82) is 0 Å². The molecule has 1 fully saturated rings. The van der Waals surface area contributed by atoms with Crippen molar-refractivity contribution in [3.8, 4) is 0 Å². The van der Waals surface area contributed by atoms with Crippen molar-refractivity contribution in [2.45, 2.75) is 12.5 Å². The molecule has 6 heteroatoms. The van der Waals surface area contributed by atoms with E-state index in [1.54, 1.807) is 7.11 Å². The Morgan fingerprint density at radius 3 is 2.88 bits per heavy atom. The molecule has 1 aliphatic rings. The van der Waals surface area contributed by atoms with Gasteiger partial charge < -0.3 is 20.5 Å². The van der Waals surface area contributed by atoms with Crippen LogP contribution in [0.5, 0.6) is 0 Å². The summed E-state index contributed by atoms with van der Waals surface area (Å²) in [6.07, 6.45) is 0.0284. The lowest BCUT2D eigenvalue weighted by atomic mass is 10.2. The Morgan fingerprint density at radius 1 is 1.53 bits per heavy atom. The zero-order chi connectivity index (χ0) is 12.5. The molecule has 1 heterocycles. The third-order valence-electron chi connectivity index (χ3n) is 2.74. The van der Waals surface area contributed by atoms with Crippen LogP contribution in [0.2, 0.25) is 0 Å². The smallest absolute Gasteiger partial charge is 0.234 e. The number of carbonyl (C=O) groups excluding carboxylic acids is 1. The maximum atomic E-state index is 11.6. The highest BCUT2D eigenvalue weighted by Gasteiger charge is 2.13. The first-order chi connectivity index (χ1) is 8.22. The first-order valence-corrected chi connectivity index (χ1v) is 6.09. The molecule has 1 saturated heterocycles. The number of rotatable bonds is 7. The highest BCUT2D eigenvalue weighted by atomic mass is 16.5. The van der Waals surface area contributed by atoms with E-state index in [-0.39, 0.29) is 5.91 Å². The van der Waals surface area contributed by atoms with Crippen LogP contribution in [0.25, 0.3) is 0 Å². The van der Waals surface area contributed by atoms with Gasteiger partial charge in [-0.1, -0.05) is 0 Å². The summed E-state index contributed by atoms with van der Waals surface area (Å²) >= 11 is 0. The molecule has 0 bridgehead atoms.